The van der Waals surface area contributed by atoms with Crippen LogP contribution < -0.4 is 10.6 Å². The van der Waals surface area contributed by atoms with E-state index in [1.165, 1.54) is 0 Å². The van der Waals surface area contributed by atoms with E-state index >= 15 is 0 Å². The molecule has 6 heteroatoms. The Bertz CT molecular complexity index is 678. The maximum Gasteiger partial charge on any atom is 0.238 e. The minimum absolute atomic E-state index is 0.0762. The first-order valence-electron chi connectivity index (χ1n) is 8.66. The molecule has 0 bridgehead atoms. The fraction of sp³-hybridized carbons (Fsp3) is 0.526. The molecule has 0 aromatic heterocycles. The van der Waals surface area contributed by atoms with Gasteiger partial charge in [-0.15, -0.1) is 0 Å². The van der Waals surface area contributed by atoms with Gasteiger partial charge >= 0.3 is 0 Å². The van der Waals surface area contributed by atoms with Crippen LogP contribution in [0.4, 0.5) is 5.69 Å². The van der Waals surface area contributed by atoms with Gasteiger partial charge in [0.1, 0.15) is 5.54 Å². The molecule has 2 N–H and O–H groups in total. The highest BCUT2D eigenvalue weighted by molar-refractivity contribution is 5.93. The van der Waals surface area contributed by atoms with E-state index < -0.39 is 5.54 Å². The Morgan fingerprint density at radius 2 is 1.92 bits per heavy atom. The molecule has 1 aliphatic carbocycles. The number of hydrogen-bond donors (Lipinski definition) is 2. The molecule has 1 aromatic carbocycles. The number of nitrogens with one attached hydrogen (secondary N) is 2. The Morgan fingerprint density at radius 3 is 2.52 bits per heavy atom. The number of anilines is 1. The molecule has 2 amide bonds. The Labute approximate surface area is 149 Å². The van der Waals surface area contributed by atoms with E-state index in [1.807, 2.05) is 31.2 Å². The normalized spacial score (nSPS) is 16.0. The molecule has 1 saturated carbocycles. The minimum atomic E-state index is -0.805. The van der Waals surface area contributed by atoms with Crippen molar-refractivity contribution in [1.82, 2.24) is 10.2 Å². The van der Waals surface area contributed by atoms with E-state index in [-0.39, 0.29) is 30.8 Å². The molecule has 2 rings (SSSR count). The Morgan fingerprint density at radius 1 is 1.28 bits per heavy atom. The second-order valence-electron chi connectivity index (χ2n) is 6.87. The number of benzene rings is 1. The highest BCUT2D eigenvalue weighted by Gasteiger charge is 2.43. The van der Waals surface area contributed by atoms with Crippen molar-refractivity contribution in [2.75, 3.05) is 25.5 Å². The minimum Gasteiger partial charge on any atom is -0.337 e. The molecule has 1 atom stereocenters. The number of para-hydroxylation sites is 1. The summed E-state index contributed by atoms with van der Waals surface area (Å²) >= 11 is 0. The largest absolute Gasteiger partial charge is 0.337 e. The Hall–Kier alpha value is -2.39. The third-order valence-electron chi connectivity index (χ3n) is 4.52. The van der Waals surface area contributed by atoms with E-state index in [0.717, 1.165) is 30.5 Å². The van der Waals surface area contributed by atoms with Crippen LogP contribution in [0, 0.1) is 17.2 Å². The maximum absolute atomic E-state index is 12.2. The number of rotatable bonds is 8. The third-order valence-corrected chi connectivity index (χ3v) is 4.52. The third kappa shape index (κ3) is 5.30. The SMILES string of the molecule is CCc1ccccc1NC(=O)CN(C)CC(=O)N[C@](C)(C#N)C1CC1. The van der Waals surface area contributed by atoms with Crippen LogP contribution >= 0.6 is 0 Å². The molecule has 0 saturated heterocycles. The number of aryl methyl sites for hydroxylation is 1. The lowest BCUT2D eigenvalue weighted by Crippen LogP contribution is -2.50. The molecule has 134 valence electrons. The summed E-state index contributed by atoms with van der Waals surface area (Å²) in [6.45, 7) is 3.98. The average molecular weight is 342 g/mol. The second kappa shape index (κ2) is 8.13. The smallest absolute Gasteiger partial charge is 0.238 e. The first-order valence-corrected chi connectivity index (χ1v) is 8.66. The average Bonchev–Trinajstić information content (AvgIpc) is 3.40. The van der Waals surface area contributed by atoms with Crippen molar-refractivity contribution in [3.05, 3.63) is 29.8 Å². The van der Waals surface area contributed by atoms with Crippen molar-refractivity contribution in [3.8, 4) is 6.07 Å². The van der Waals surface area contributed by atoms with Crippen molar-refractivity contribution in [2.45, 2.75) is 38.6 Å². The molecule has 0 heterocycles. The number of nitriles is 1. The van der Waals surface area contributed by atoms with Crippen molar-refractivity contribution >= 4 is 17.5 Å². The molecule has 6 nitrogen and oxygen atoms in total. The number of likely N-dealkylation sites (N-methyl/N-ethyl adjacent to an activating group) is 1. The molecule has 1 aliphatic rings. The monoisotopic (exact) mass is 342 g/mol. The van der Waals surface area contributed by atoms with Gasteiger partial charge in [-0.3, -0.25) is 14.5 Å². The van der Waals surface area contributed by atoms with Gasteiger partial charge in [0.25, 0.3) is 0 Å². The summed E-state index contributed by atoms with van der Waals surface area (Å²) in [5, 5.41) is 15.0. The lowest BCUT2D eigenvalue weighted by Gasteiger charge is -2.24. The highest BCUT2D eigenvalue weighted by Crippen LogP contribution is 2.39. The number of hydrogen-bond acceptors (Lipinski definition) is 4. The van der Waals surface area contributed by atoms with Gasteiger partial charge in [0, 0.05) is 5.69 Å². The van der Waals surface area contributed by atoms with Crippen molar-refractivity contribution in [2.24, 2.45) is 5.92 Å². The zero-order valence-electron chi connectivity index (χ0n) is 15.1. The van der Waals surface area contributed by atoms with Crippen LogP contribution in [0.1, 0.15) is 32.3 Å². The molecule has 1 aromatic rings. The van der Waals surface area contributed by atoms with Gasteiger partial charge in [-0.2, -0.15) is 5.26 Å². The summed E-state index contributed by atoms with van der Waals surface area (Å²) in [6.07, 6.45) is 2.78. The van der Waals surface area contributed by atoms with Gasteiger partial charge in [0.2, 0.25) is 11.8 Å². The van der Waals surface area contributed by atoms with Gasteiger partial charge < -0.3 is 10.6 Å². The van der Waals surface area contributed by atoms with E-state index in [4.69, 9.17) is 0 Å². The predicted octanol–water partition coefficient (Wildman–Crippen LogP) is 1.93. The lowest BCUT2D eigenvalue weighted by molar-refractivity contribution is -0.124. The summed E-state index contributed by atoms with van der Waals surface area (Å²) in [7, 11) is 1.71. The zero-order chi connectivity index (χ0) is 18.4. The fourth-order valence-corrected chi connectivity index (χ4v) is 2.90. The van der Waals surface area contributed by atoms with E-state index in [2.05, 4.69) is 16.7 Å². The highest BCUT2D eigenvalue weighted by atomic mass is 16.2. The molecular weight excluding hydrogens is 316 g/mol. The molecule has 0 aliphatic heterocycles. The van der Waals surface area contributed by atoms with Crippen LogP contribution in [0.15, 0.2) is 24.3 Å². The van der Waals surface area contributed by atoms with Gasteiger partial charge in [0.15, 0.2) is 0 Å². The topological polar surface area (TPSA) is 85.2 Å². The number of carbonyl (C=O) groups is 2. The van der Waals surface area contributed by atoms with Gasteiger partial charge in [-0.1, -0.05) is 25.1 Å². The van der Waals surface area contributed by atoms with Crippen LogP contribution in [0.25, 0.3) is 0 Å². The first kappa shape index (κ1) is 18.9. The lowest BCUT2D eigenvalue weighted by atomic mass is 9.98. The van der Waals surface area contributed by atoms with Crippen LogP contribution in [-0.4, -0.2) is 42.4 Å². The van der Waals surface area contributed by atoms with Crippen molar-refractivity contribution < 1.29 is 9.59 Å². The summed E-state index contributed by atoms with van der Waals surface area (Å²) in [4.78, 5) is 26.0. The first-order chi connectivity index (χ1) is 11.9. The van der Waals surface area contributed by atoms with Crippen molar-refractivity contribution in [1.29, 1.82) is 5.26 Å². The van der Waals surface area contributed by atoms with Crippen LogP contribution in [0.2, 0.25) is 0 Å². The summed E-state index contributed by atoms with van der Waals surface area (Å²) in [5.74, 6) is -0.165. The van der Waals surface area contributed by atoms with Crippen LogP contribution in [0.3, 0.4) is 0 Å². The predicted molar refractivity (Wildman–Crippen MR) is 96.8 cm³/mol. The molecule has 0 radical (unpaired) electrons. The fourth-order valence-electron chi connectivity index (χ4n) is 2.90. The summed E-state index contributed by atoms with van der Waals surface area (Å²) in [5.41, 5.74) is 1.07. The van der Waals surface area contributed by atoms with Gasteiger partial charge in [-0.25, -0.2) is 0 Å². The number of amides is 2. The van der Waals surface area contributed by atoms with Crippen LogP contribution in [0.5, 0.6) is 0 Å². The molecule has 0 spiro atoms. The van der Waals surface area contributed by atoms with Gasteiger partial charge in [-0.05, 0) is 50.8 Å². The quantitative estimate of drug-likeness (QED) is 0.756. The Kier molecular flexibility index (Phi) is 6.16. The summed E-state index contributed by atoms with van der Waals surface area (Å²) in [6, 6.07) is 9.88. The number of carbonyl (C=O) groups excluding carboxylic acids is 2. The van der Waals surface area contributed by atoms with Crippen LogP contribution in [-0.2, 0) is 16.0 Å². The van der Waals surface area contributed by atoms with Crippen molar-refractivity contribution in [3.63, 3.8) is 0 Å². The molecule has 25 heavy (non-hydrogen) atoms. The maximum atomic E-state index is 12.2. The Balaban J connectivity index is 1.83. The second-order valence-corrected chi connectivity index (χ2v) is 6.87. The number of nitrogens with zero attached hydrogens (tertiary/aromatic N) is 2. The molecular formula is C19H26N4O2. The zero-order valence-corrected chi connectivity index (χ0v) is 15.1. The standard InChI is InChI=1S/C19H26N4O2/c1-4-14-7-5-6-8-16(14)21-17(24)11-23(3)12-18(25)22-19(2,13-20)15-9-10-15/h5-8,15H,4,9-12H2,1-3H3,(H,21,24)(H,22,25)/t19-/m1/s1. The summed E-state index contributed by atoms with van der Waals surface area (Å²) < 4.78 is 0. The van der Waals surface area contributed by atoms with Gasteiger partial charge in [0.05, 0.1) is 19.2 Å². The molecule has 0 unspecified atom stereocenters. The van der Waals surface area contributed by atoms with E-state index in [0.29, 0.717) is 0 Å². The van der Waals surface area contributed by atoms with E-state index in [1.54, 1.807) is 18.9 Å². The molecule has 1 fully saturated rings. The van der Waals surface area contributed by atoms with E-state index in [9.17, 15) is 14.9 Å².